The highest BCUT2D eigenvalue weighted by atomic mass is 16.3. The van der Waals surface area contributed by atoms with E-state index in [1.54, 1.807) is 10.6 Å². The fraction of sp³-hybridized carbons (Fsp3) is 0.417. The summed E-state index contributed by atoms with van der Waals surface area (Å²) in [6, 6.07) is 20.5. The van der Waals surface area contributed by atoms with Crippen LogP contribution in [0.1, 0.15) is 64.3 Å². The average molecular weight is 583 g/mol. The van der Waals surface area contributed by atoms with Crippen LogP contribution in [0.25, 0.3) is 22.0 Å². The number of benzene rings is 2. The van der Waals surface area contributed by atoms with Crippen LogP contribution in [0.4, 0.5) is 5.82 Å². The molecule has 0 atom stereocenters. The number of aromatic nitrogens is 2. The second-order valence-corrected chi connectivity index (χ2v) is 12.3. The Bertz CT molecular complexity index is 1610. The average Bonchev–Trinajstić information content (AvgIpc) is 2.94. The second-order valence-electron chi connectivity index (χ2n) is 12.3. The number of pyridine rings is 2. The van der Waals surface area contributed by atoms with Crippen LogP contribution in [0, 0.1) is 11.8 Å². The van der Waals surface area contributed by atoms with Gasteiger partial charge in [-0.3, -0.25) is 9.59 Å². The van der Waals surface area contributed by atoms with Crippen LogP contribution >= 0.6 is 0 Å². The van der Waals surface area contributed by atoms with E-state index >= 15 is 0 Å². The Morgan fingerprint density at radius 3 is 2.35 bits per heavy atom. The highest BCUT2D eigenvalue weighted by Gasteiger charge is 2.19. The maximum absolute atomic E-state index is 13.6. The summed E-state index contributed by atoms with van der Waals surface area (Å²) in [6.07, 6.45) is 3.96. The topological polar surface area (TPSA) is 96.3 Å². The zero-order valence-electron chi connectivity index (χ0n) is 26.2. The van der Waals surface area contributed by atoms with Crippen LogP contribution in [0.15, 0.2) is 65.5 Å². The Kier molecular flexibility index (Phi) is 11.0. The van der Waals surface area contributed by atoms with Crippen LogP contribution in [0.5, 0.6) is 5.75 Å². The first kappa shape index (κ1) is 31.8. The molecule has 0 unspecified atom stereocenters. The van der Waals surface area contributed by atoms with Gasteiger partial charge in [0.05, 0.1) is 5.69 Å². The van der Waals surface area contributed by atoms with Crippen molar-refractivity contribution in [2.24, 2.45) is 11.8 Å². The quantitative estimate of drug-likeness (QED) is 0.143. The molecule has 0 saturated carbocycles. The van der Waals surface area contributed by atoms with Crippen LogP contribution in [0.2, 0.25) is 0 Å². The normalized spacial score (nSPS) is 11.4. The number of fused-ring (bicyclic) bond motifs is 1. The summed E-state index contributed by atoms with van der Waals surface area (Å²) in [7, 11) is 0. The fourth-order valence-electron chi connectivity index (χ4n) is 5.56. The van der Waals surface area contributed by atoms with E-state index < -0.39 is 0 Å². The van der Waals surface area contributed by atoms with Gasteiger partial charge in [0, 0.05) is 37.8 Å². The van der Waals surface area contributed by atoms with Gasteiger partial charge in [0.15, 0.2) is 5.75 Å². The summed E-state index contributed by atoms with van der Waals surface area (Å²) < 4.78 is 1.76. The standard InChI is InChI=1S/C36H46N4O3/c1-24(2)18-30-22-33(42)36(43)40(17-14-27-12-13-28-10-6-7-11-29(28)20-27)35(30)31-21-32(19-25(3)4)39-34(23-31)38-16-9-8-15-37-26(5)41/h6-7,10-13,20-25,42H,8-9,14-19H2,1-5H3,(H,37,41)(H,38,39). The highest BCUT2D eigenvalue weighted by Crippen LogP contribution is 2.30. The predicted molar refractivity (Wildman–Crippen MR) is 177 cm³/mol. The Labute approximate surface area is 255 Å². The molecule has 4 aromatic rings. The van der Waals surface area contributed by atoms with Crippen LogP contribution < -0.4 is 16.2 Å². The Morgan fingerprint density at radius 1 is 0.907 bits per heavy atom. The first-order chi connectivity index (χ1) is 20.6. The molecule has 0 fully saturated rings. The molecule has 0 bridgehead atoms. The maximum Gasteiger partial charge on any atom is 0.293 e. The van der Waals surface area contributed by atoms with Gasteiger partial charge in [-0.05, 0) is 84.0 Å². The van der Waals surface area contributed by atoms with E-state index in [0.717, 1.165) is 66.1 Å². The molecule has 7 nitrogen and oxygen atoms in total. The number of hydrogen-bond donors (Lipinski definition) is 3. The molecular weight excluding hydrogens is 536 g/mol. The van der Waals surface area contributed by atoms with Gasteiger partial charge in [-0.2, -0.15) is 0 Å². The van der Waals surface area contributed by atoms with Crippen molar-refractivity contribution in [3.8, 4) is 17.0 Å². The number of unbranched alkanes of at least 4 members (excludes halogenated alkanes) is 1. The summed E-state index contributed by atoms with van der Waals surface area (Å²) in [6.45, 7) is 12.0. The van der Waals surface area contributed by atoms with Crippen molar-refractivity contribution < 1.29 is 9.90 Å². The van der Waals surface area contributed by atoms with E-state index in [4.69, 9.17) is 4.98 Å². The van der Waals surface area contributed by atoms with Crippen LogP contribution in [-0.2, 0) is 30.6 Å². The number of nitrogens with zero attached hydrogens (tertiary/aromatic N) is 2. The Morgan fingerprint density at radius 2 is 1.63 bits per heavy atom. The van der Waals surface area contributed by atoms with Crippen molar-refractivity contribution in [1.29, 1.82) is 0 Å². The fourth-order valence-corrected chi connectivity index (χ4v) is 5.56. The van der Waals surface area contributed by atoms with Gasteiger partial charge in [-0.15, -0.1) is 0 Å². The minimum Gasteiger partial charge on any atom is -0.503 e. The van der Waals surface area contributed by atoms with Crippen molar-refractivity contribution in [3.05, 3.63) is 87.8 Å². The molecule has 4 rings (SSSR count). The number of rotatable bonds is 14. The third kappa shape index (κ3) is 8.93. The number of carbonyl (C=O) groups is 1. The molecular formula is C36H46N4O3. The second kappa shape index (κ2) is 14.9. The molecule has 7 heteroatoms. The minimum absolute atomic E-state index is 0.0154. The molecule has 2 aromatic heterocycles. The molecule has 0 saturated heterocycles. The lowest BCUT2D eigenvalue weighted by Crippen LogP contribution is -2.24. The zero-order valence-corrected chi connectivity index (χ0v) is 26.2. The number of hydrogen-bond acceptors (Lipinski definition) is 5. The van der Waals surface area contributed by atoms with E-state index in [1.807, 2.05) is 18.2 Å². The molecule has 43 heavy (non-hydrogen) atoms. The summed E-state index contributed by atoms with van der Waals surface area (Å²) in [5.41, 5.74) is 4.45. The van der Waals surface area contributed by atoms with Gasteiger partial charge in [-0.1, -0.05) is 70.2 Å². The van der Waals surface area contributed by atoms with Gasteiger partial charge in [0.2, 0.25) is 5.91 Å². The van der Waals surface area contributed by atoms with E-state index in [9.17, 15) is 14.7 Å². The molecule has 228 valence electrons. The molecule has 0 aliphatic rings. The van der Waals surface area contributed by atoms with Crippen molar-refractivity contribution >= 4 is 22.5 Å². The molecule has 1 amide bonds. The number of anilines is 1. The van der Waals surface area contributed by atoms with Crippen molar-refractivity contribution in [3.63, 3.8) is 0 Å². The third-order valence-corrected chi connectivity index (χ3v) is 7.47. The smallest absolute Gasteiger partial charge is 0.293 e. The minimum atomic E-state index is -0.377. The molecule has 0 radical (unpaired) electrons. The third-order valence-electron chi connectivity index (χ3n) is 7.47. The predicted octanol–water partition coefficient (Wildman–Crippen LogP) is 6.74. The summed E-state index contributed by atoms with van der Waals surface area (Å²) in [5, 5.41) is 19.4. The van der Waals surface area contributed by atoms with E-state index in [1.165, 1.54) is 17.7 Å². The molecule has 0 aliphatic carbocycles. The molecule has 0 aliphatic heterocycles. The molecule has 2 heterocycles. The van der Waals surface area contributed by atoms with Gasteiger partial charge in [0.25, 0.3) is 5.56 Å². The summed E-state index contributed by atoms with van der Waals surface area (Å²) in [5.74, 6) is 1.29. The van der Waals surface area contributed by atoms with E-state index in [-0.39, 0.29) is 17.2 Å². The maximum atomic E-state index is 13.6. The number of carbonyl (C=O) groups excluding carboxylic acids is 1. The highest BCUT2D eigenvalue weighted by molar-refractivity contribution is 5.83. The lowest BCUT2D eigenvalue weighted by molar-refractivity contribution is -0.118. The Hall–Kier alpha value is -4.13. The van der Waals surface area contributed by atoms with Gasteiger partial charge in [0.1, 0.15) is 5.82 Å². The number of aromatic hydroxyl groups is 1. The van der Waals surface area contributed by atoms with E-state index in [0.29, 0.717) is 31.3 Å². The SMILES string of the molecule is CC(=O)NCCCCNc1cc(-c2c(CC(C)C)cc(O)c(=O)n2CCc2ccc3ccccc3c2)cc(CC(C)C)n1. The lowest BCUT2D eigenvalue weighted by atomic mass is 9.96. The largest absolute Gasteiger partial charge is 0.503 e. The number of amides is 1. The van der Waals surface area contributed by atoms with Gasteiger partial charge >= 0.3 is 0 Å². The first-order valence-corrected chi connectivity index (χ1v) is 15.5. The lowest BCUT2D eigenvalue weighted by Gasteiger charge is -2.21. The Balaban J connectivity index is 1.72. The van der Waals surface area contributed by atoms with Crippen molar-refractivity contribution in [1.82, 2.24) is 14.9 Å². The van der Waals surface area contributed by atoms with Crippen LogP contribution in [-0.4, -0.2) is 33.7 Å². The van der Waals surface area contributed by atoms with Crippen LogP contribution in [0.3, 0.4) is 0 Å². The number of nitrogens with one attached hydrogen (secondary N) is 2. The molecule has 3 N–H and O–H groups in total. The summed E-state index contributed by atoms with van der Waals surface area (Å²) >= 11 is 0. The molecule has 2 aromatic carbocycles. The molecule has 0 spiro atoms. The first-order valence-electron chi connectivity index (χ1n) is 15.5. The number of aryl methyl sites for hydroxylation is 1. The zero-order chi connectivity index (χ0) is 30.9. The van der Waals surface area contributed by atoms with Crippen molar-refractivity contribution in [2.75, 3.05) is 18.4 Å². The van der Waals surface area contributed by atoms with Crippen molar-refractivity contribution in [2.45, 2.75) is 73.3 Å². The van der Waals surface area contributed by atoms with Gasteiger partial charge < -0.3 is 20.3 Å². The van der Waals surface area contributed by atoms with Gasteiger partial charge in [-0.25, -0.2) is 4.98 Å². The summed E-state index contributed by atoms with van der Waals surface area (Å²) in [4.78, 5) is 29.6. The monoisotopic (exact) mass is 582 g/mol. The van der Waals surface area contributed by atoms with E-state index in [2.05, 4.69) is 74.7 Å².